The fraction of sp³-hybridized carbons (Fsp3) is 0.361. The van der Waals surface area contributed by atoms with Gasteiger partial charge >= 0.3 is 0 Å². The molecule has 1 saturated carbocycles. The van der Waals surface area contributed by atoms with E-state index in [1.165, 1.54) is 35.2 Å². The van der Waals surface area contributed by atoms with Gasteiger partial charge in [-0.15, -0.1) is 0 Å². The molecule has 0 radical (unpaired) electrons. The molecule has 0 spiro atoms. The molecule has 1 amide bonds. The monoisotopic (exact) mass is 626 g/mol. The topological polar surface area (TPSA) is 131 Å². The van der Waals surface area contributed by atoms with Crippen molar-refractivity contribution in [3.63, 3.8) is 0 Å². The number of ether oxygens (including phenoxy) is 1. The van der Waals surface area contributed by atoms with Crippen LogP contribution in [0, 0.1) is 11.7 Å². The zero-order valence-corrected chi connectivity index (χ0v) is 25.6. The third-order valence-corrected chi connectivity index (χ3v) is 9.46. The minimum absolute atomic E-state index is 0.0306. The summed E-state index contributed by atoms with van der Waals surface area (Å²) >= 11 is 0. The van der Waals surface area contributed by atoms with Crippen LogP contribution in [0.15, 0.2) is 96.1 Å². The summed E-state index contributed by atoms with van der Waals surface area (Å²) in [6.45, 7) is 0.639. The van der Waals surface area contributed by atoms with Gasteiger partial charge in [-0.05, 0) is 73.4 Å². The number of rotatable bonds is 8. The zero-order chi connectivity index (χ0) is 32.3. The van der Waals surface area contributed by atoms with Crippen molar-refractivity contribution in [2.24, 2.45) is 5.92 Å². The van der Waals surface area contributed by atoms with E-state index < -0.39 is 22.6 Å². The van der Waals surface area contributed by atoms with Gasteiger partial charge in [-0.2, -0.15) is 0 Å². The molecule has 0 unspecified atom stereocenters. The van der Waals surface area contributed by atoms with Crippen LogP contribution < -0.4 is 16.0 Å². The molecule has 4 aromatic rings. The van der Waals surface area contributed by atoms with Crippen molar-refractivity contribution >= 4 is 11.6 Å². The molecule has 1 aliphatic heterocycles. The molecule has 10 heteroatoms. The van der Waals surface area contributed by atoms with Crippen molar-refractivity contribution in [2.75, 3.05) is 18.8 Å². The number of nitrogens with zero attached hydrogens (tertiary/aromatic N) is 3. The molecule has 240 valence electrons. The molecule has 9 nitrogen and oxygen atoms in total. The molecule has 2 heterocycles. The molecule has 3 atom stereocenters. The van der Waals surface area contributed by atoms with Gasteiger partial charge in [-0.3, -0.25) is 14.2 Å². The zero-order valence-electron chi connectivity index (χ0n) is 25.6. The predicted molar refractivity (Wildman–Crippen MR) is 172 cm³/mol. The number of carbonyl (C=O) groups excluding carboxylic acids is 1. The number of likely N-dealkylation sites (tertiary alicyclic amines) is 1. The number of amides is 1. The largest absolute Gasteiger partial charge is 0.437 e. The lowest BCUT2D eigenvalue weighted by Crippen LogP contribution is -2.52. The van der Waals surface area contributed by atoms with E-state index in [-0.39, 0.29) is 54.4 Å². The number of carbonyl (C=O) groups is 1. The maximum Gasteiger partial charge on any atom is 0.280 e. The van der Waals surface area contributed by atoms with Crippen LogP contribution in [-0.4, -0.2) is 54.9 Å². The number of benzene rings is 3. The van der Waals surface area contributed by atoms with Gasteiger partial charge in [-0.25, -0.2) is 9.37 Å². The Morgan fingerprint density at radius 1 is 0.935 bits per heavy atom. The van der Waals surface area contributed by atoms with Crippen LogP contribution in [0.5, 0.6) is 11.6 Å². The first-order valence-electron chi connectivity index (χ1n) is 15.7. The molecule has 3 aromatic carbocycles. The minimum atomic E-state index is -1.24. The number of halogens is 1. The van der Waals surface area contributed by atoms with Crippen LogP contribution in [0.1, 0.15) is 49.1 Å². The Labute approximate surface area is 267 Å². The highest BCUT2D eigenvalue weighted by Gasteiger charge is 2.45. The van der Waals surface area contributed by atoms with Gasteiger partial charge in [0.1, 0.15) is 17.9 Å². The van der Waals surface area contributed by atoms with Gasteiger partial charge in [0.05, 0.1) is 17.7 Å². The first kappa shape index (κ1) is 31.4. The molecular formula is C36H39FN4O5. The molecule has 6 rings (SSSR count). The van der Waals surface area contributed by atoms with Gasteiger partial charge in [-0.1, -0.05) is 60.7 Å². The predicted octanol–water partition coefficient (Wildman–Crippen LogP) is 4.67. The van der Waals surface area contributed by atoms with Crippen LogP contribution in [-0.2, 0) is 17.8 Å². The van der Waals surface area contributed by atoms with Crippen LogP contribution in [0.2, 0.25) is 0 Å². The van der Waals surface area contributed by atoms with E-state index in [4.69, 9.17) is 10.5 Å². The quantitative estimate of drug-likeness (QED) is 0.259. The SMILES string of the molecule is Nc1c(Oc2ccc(F)cc2)ncn(CC2(O)CCN(C(=O)[C@@H]3CC[C@](O)(Cc4ccccc4)C[C@H]3c3ccccc3)CC2)c1=O. The maximum atomic E-state index is 14.0. The molecule has 1 aliphatic carbocycles. The minimum Gasteiger partial charge on any atom is -0.437 e. The number of hydrogen-bond donors (Lipinski definition) is 3. The first-order chi connectivity index (χ1) is 22.1. The van der Waals surface area contributed by atoms with Crippen LogP contribution in [0.25, 0.3) is 0 Å². The van der Waals surface area contributed by atoms with Crippen LogP contribution in [0.4, 0.5) is 10.1 Å². The van der Waals surface area contributed by atoms with Gasteiger partial charge in [0.25, 0.3) is 5.56 Å². The average molecular weight is 627 g/mol. The number of piperidine rings is 1. The van der Waals surface area contributed by atoms with Crippen molar-refractivity contribution < 1.29 is 24.1 Å². The summed E-state index contributed by atoms with van der Waals surface area (Å²) in [7, 11) is 0. The summed E-state index contributed by atoms with van der Waals surface area (Å²) in [4.78, 5) is 33.0. The van der Waals surface area contributed by atoms with Gasteiger partial charge < -0.3 is 25.6 Å². The highest BCUT2D eigenvalue weighted by Crippen LogP contribution is 2.45. The van der Waals surface area contributed by atoms with Crippen molar-refractivity contribution in [1.29, 1.82) is 0 Å². The second kappa shape index (κ2) is 13.1. The lowest BCUT2D eigenvalue weighted by molar-refractivity contribution is -0.144. The summed E-state index contributed by atoms with van der Waals surface area (Å²) in [5.74, 6) is -0.642. The van der Waals surface area contributed by atoms with Crippen LogP contribution in [0.3, 0.4) is 0 Å². The number of hydrogen-bond acceptors (Lipinski definition) is 7. The highest BCUT2D eigenvalue weighted by atomic mass is 19.1. The molecular weight excluding hydrogens is 587 g/mol. The summed E-state index contributed by atoms with van der Waals surface area (Å²) in [6, 6.07) is 25.2. The fourth-order valence-electron chi connectivity index (χ4n) is 6.91. The smallest absolute Gasteiger partial charge is 0.280 e. The number of nitrogens with two attached hydrogens (primary N) is 1. The Bertz CT molecular complexity index is 1710. The fourth-order valence-corrected chi connectivity index (χ4v) is 6.91. The molecule has 46 heavy (non-hydrogen) atoms. The van der Waals surface area contributed by atoms with Gasteiger partial charge in [0.2, 0.25) is 11.8 Å². The summed E-state index contributed by atoms with van der Waals surface area (Å²) < 4.78 is 20.0. The van der Waals surface area contributed by atoms with E-state index in [9.17, 15) is 24.2 Å². The summed E-state index contributed by atoms with van der Waals surface area (Å²) in [5.41, 5.74) is 5.20. The molecule has 1 aromatic heterocycles. The van der Waals surface area contributed by atoms with Gasteiger partial charge in [0.15, 0.2) is 5.69 Å². The second-order valence-corrected chi connectivity index (χ2v) is 12.8. The average Bonchev–Trinajstić information content (AvgIpc) is 3.06. The first-order valence-corrected chi connectivity index (χ1v) is 15.7. The number of nitrogen functional groups attached to an aromatic ring is 1. The lowest BCUT2D eigenvalue weighted by atomic mass is 9.67. The number of anilines is 1. The van der Waals surface area contributed by atoms with Crippen molar-refractivity contribution in [2.45, 2.75) is 62.2 Å². The van der Waals surface area contributed by atoms with Crippen molar-refractivity contribution in [3.05, 3.63) is 119 Å². The van der Waals surface area contributed by atoms with E-state index in [0.29, 0.717) is 38.8 Å². The third kappa shape index (κ3) is 6.98. The van der Waals surface area contributed by atoms with Crippen molar-refractivity contribution in [1.82, 2.24) is 14.5 Å². The van der Waals surface area contributed by atoms with E-state index in [0.717, 1.165) is 11.1 Å². The van der Waals surface area contributed by atoms with E-state index in [1.807, 2.05) is 65.6 Å². The van der Waals surface area contributed by atoms with E-state index >= 15 is 0 Å². The molecule has 2 aliphatic rings. The lowest BCUT2D eigenvalue weighted by Gasteiger charge is -2.45. The molecule has 2 fully saturated rings. The molecule has 0 bridgehead atoms. The Balaban J connectivity index is 1.11. The Kier molecular flexibility index (Phi) is 8.93. The van der Waals surface area contributed by atoms with Crippen LogP contribution >= 0.6 is 0 Å². The second-order valence-electron chi connectivity index (χ2n) is 12.8. The van der Waals surface area contributed by atoms with Crippen molar-refractivity contribution in [3.8, 4) is 11.6 Å². The Morgan fingerprint density at radius 3 is 2.26 bits per heavy atom. The third-order valence-electron chi connectivity index (χ3n) is 9.46. The Morgan fingerprint density at radius 2 is 1.59 bits per heavy atom. The highest BCUT2D eigenvalue weighted by molar-refractivity contribution is 5.80. The maximum absolute atomic E-state index is 14.0. The summed E-state index contributed by atoms with van der Waals surface area (Å²) in [6.07, 6.45) is 3.94. The van der Waals surface area contributed by atoms with Gasteiger partial charge in [0, 0.05) is 25.4 Å². The normalized spacial score (nSPS) is 22.7. The summed E-state index contributed by atoms with van der Waals surface area (Å²) in [5, 5.41) is 23.1. The Hall–Kier alpha value is -4.54. The standard InChI is InChI=1S/C36H39FN4O5/c37-27-11-13-28(14-12-27)46-32-31(38)34(43)41(24-39-32)23-35(44)17-19-40(20-18-35)33(42)29-15-16-36(45,21-25-7-3-1-4-8-25)22-30(29)26-9-5-2-6-10-26/h1-14,24,29-30,44-45H,15-23,38H2/t29-,30+,36+/m1/s1. The number of aliphatic hydroxyl groups is 2. The van der Waals surface area contributed by atoms with E-state index in [2.05, 4.69) is 4.98 Å². The number of aromatic nitrogens is 2. The van der Waals surface area contributed by atoms with E-state index in [1.54, 1.807) is 0 Å². The molecule has 4 N–H and O–H groups in total. The molecule has 1 saturated heterocycles.